The molecule has 0 aliphatic carbocycles. The van der Waals surface area contributed by atoms with Gasteiger partial charge in [-0.1, -0.05) is 12.2 Å². The van der Waals surface area contributed by atoms with Crippen LogP contribution in [0, 0.1) is 0 Å². The van der Waals surface area contributed by atoms with Crippen molar-refractivity contribution in [1.82, 2.24) is 5.32 Å². The maximum absolute atomic E-state index is 11.0. The minimum Gasteiger partial charge on any atom is -0.353 e. The number of amides is 1. The summed E-state index contributed by atoms with van der Waals surface area (Å²) in [5.74, 6) is -0.378. The maximum atomic E-state index is 11.0. The zero-order chi connectivity index (χ0) is 11.0. The molecule has 0 saturated carbocycles. The van der Waals surface area contributed by atoms with Crippen LogP contribution >= 0.6 is 0 Å². The minimum absolute atomic E-state index is 0.00922. The summed E-state index contributed by atoms with van der Waals surface area (Å²) in [5, 5.41) is 2.54. The zero-order valence-corrected chi connectivity index (χ0v) is 9.01. The summed E-state index contributed by atoms with van der Waals surface area (Å²) in [6.45, 7) is 0.818. The highest BCUT2D eigenvalue weighted by Gasteiger charge is 2.06. The van der Waals surface area contributed by atoms with Gasteiger partial charge in [0, 0.05) is 25.8 Å². The lowest BCUT2D eigenvalue weighted by Crippen LogP contribution is -2.25. The Labute approximate surface area is 84.3 Å². The van der Waals surface area contributed by atoms with Crippen LogP contribution in [0.4, 0.5) is 0 Å². The SMILES string of the molecule is CS(=O)(=O)CCC(=O)NC/C=C/CN. The first-order valence-electron chi connectivity index (χ1n) is 4.25. The molecule has 0 saturated heterocycles. The largest absolute Gasteiger partial charge is 0.353 e. The van der Waals surface area contributed by atoms with Crippen LogP contribution < -0.4 is 11.1 Å². The summed E-state index contributed by atoms with van der Waals surface area (Å²) in [7, 11) is -3.05. The number of carbonyl (C=O) groups is 1. The number of sulfone groups is 1. The quantitative estimate of drug-likeness (QED) is 0.565. The molecule has 0 aromatic carbocycles. The van der Waals surface area contributed by atoms with Gasteiger partial charge in [0.2, 0.25) is 5.91 Å². The van der Waals surface area contributed by atoms with Crippen molar-refractivity contribution in [3.05, 3.63) is 12.2 Å². The van der Waals surface area contributed by atoms with Gasteiger partial charge in [-0.2, -0.15) is 0 Å². The van der Waals surface area contributed by atoms with Crippen molar-refractivity contribution in [3.63, 3.8) is 0 Å². The molecular weight excluding hydrogens is 204 g/mol. The van der Waals surface area contributed by atoms with E-state index in [0.717, 1.165) is 6.26 Å². The number of nitrogens with two attached hydrogens (primary N) is 1. The first-order valence-corrected chi connectivity index (χ1v) is 6.31. The van der Waals surface area contributed by atoms with Gasteiger partial charge in [0.25, 0.3) is 0 Å². The normalized spacial score (nSPS) is 11.9. The Morgan fingerprint density at radius 3 is 2.57 bits per heavy atom. The van der Waals surface area contributed by atoms with E-state index in [1.54, 1.807) is 12.2 Å². The molecule has 6 heteroatoms. The highest BCUT2D eigenvalue weighted by Crippen LogP contribution is 1.88. The average Bonchev–Trinajstić information content (AvgIpc) is 2.08. The number of rotatable bonds is 6. The lowest BCUT2D eigenvalue weighted by Gasteiger charge is -2.00. The Balaban J connectivity index is 3.62. The highest BCUT2D eigenvalue weighted by molar-refractivity contribution is 7.90. The fourth-order valence-electron chi connectivity index (χ4n) is 0.719. The van der Waals surface area contributed by atoms with E-state index < -0.39 is 9.84 Å². The van der Waals surface area contributed by atoms with Crippen molar-refractivity contribution in [2.24, 2.45) is 5.73 Å². The van der Waals surface area contributed by atoms with E-state index in [0.29, 0.717) is 13.1 Å². The molecule has 0 aliphatic heterocycles. The summed E-state index contributed by atoms with van der Waals surface area (Å²) in [4.78, 5) is 11.0. The standard InChI is InChI=1S/C8H16N2O3S/c1-14(12,13)7-4-8(11)10-6-3-2-5-9/h2-3H,4-7,9H2,1H3,(H,10,11)/b3-2+. The lowest BCUT2D eigenvalue weighted by atomic mass is 10.4. The number of hydrogen-bond acceptors (Lipinski definition) is 4. The molecular formula is C8H16N2O3S. The Kier molecular flexibility index (Phi) is 6.14. The molecule has 0 rings (SSSR count). The second-order valence-electron chi connectivity index (χ2n) is 2.89. The summed E-state index contributed by atoms with van der Waals surface area (Å²) in [6, 6.07) is 0. The molecule has 14 heavy (non-hydrogen) atoms. The van der Waals surface area contributed by atoms with Crippen LogP contribution in [-0.2, 0) is 14.6 Å². The van der Waals surface area contributed by atoms with E-state index in [1.807, 2.05) is 0 Å². The molecule has 0 radical (unpaired) electrons. The second kappa shape index (κ2) is 6.56. The second-order valence-corrected chi connectivity index (χ2v) is 5.15. The zero-order valence-electron chi connectivity index (χ0n) is 8.19. The van der Waals surface area contributed by atoms with Crippen molar-refractivity contribution in [2.75, 3.05) is 25.1 Å². The van der Waals surface area contributed by atoms with Gasteiger partial charge in [-0.25, -0.2) is 8.42 Å². The third-order valence-corrected chi connectivity index (χ3v) is 2.37. The molecule has 0 unspecified atom stereocenters. The Morgan fingerprint density at radius 1 is 1.43 bits per heavy atom. The molecule has 5 nitrogen and oxygen atoms in total. The van der Waals surface area contributed by atoms with Crippen LogP contribution in [0.15, 0.2) is 12.2 Å². The number of nitrogens with one attached hydrogen (secondary N) is 1. The van der Waals surface area contributed by atoms with Crippen molar-refractivity contribution in [3.8, 4) is 0 Å². The van der Waals surface area contributed by atoms with Crippen LogP contribution in [0.25, 0.3) is 0 Å². The predicted molar refractivity (Wildman–Crippen MR) is 55.5 cm³/mol. The fourth-order valence-corrected chi connectivity index (χ4v) is 1.27. The van der Waals surface area contributed by atoms with E-state index >= 15 is 0 Å². The van der Waals surface area contributed by atoms with Crippen LogP contribution in [0.2, 0.25) is 0 Å². The summed E-state index contributed by atoms with van der Waals surface area (Å²) in [5.41, 5.74) is 5.18. The molecule has 0 heterocycles. The Morgan fingerprint density at radius 2 is 2.07 bits per heavy atom. The number of hydrogen-bond donors (Lipinski definition) is 2. The highest BCUT2D eigenvalue weighted by atomic mass is 32.2. The van der Waals surface area contributed by atoms with Gasteiger partial charge in [-0.15, -0.1) is 0 Å². The smallest absolute Gasteiger partial charge is 0.221 e. The van der Waals surface area contributed by atoms with E-state index in [2.05, 4.69) is 5.32 Å². The summed E-state index contributed by atoms with van der Waals surface area (Å²) >= 11 is 0. The van der Waals surface area contributed by atoms with Gasteiger partial charge in [0.15, 0.2) is 0 Å². The van der Waals surface area contributed by atoms with E-state index in [4.69, 9.17) is 5.73 Å². The minimum atomic E-state index is -3.05. The van der Waals surface area contributed by atoms with Crippen LogP contribution in [0.5, 0.6) is 0 Å². The molecule has 0 aromatic heterocycles. The average molecular weight is 220 g/mol. The van der Waals surface area contributed by atoms with Crippen LogP contribution in [-0.4, -0.2) is 39.4 Å². The molecule has 1 amide bonds. The van der Waals surface area contributed by atoms with Crippen LogP contribution in [0.1, 0.15) is 6.42 Å². The molecule has 0 aliphatic rings. The fraction of sp³-hybridized carbons (Fsp3) is 0.625. The van der Waals surface area contributed by atoms with E-state index in [9.17, 15) is 13.2 Å². The molecule has 0 aromatic rings. The number of carbonyl (C=O) groups excluding carboxylic acids is 1. The van der Waals surface area contributed by atoms with Gasteiger partial charge in [0.05, 0.1) is 5.75 Å². The molecule has 3 N–H and O–H groups in total. The van der Waals surface area contributed by atoms with Gasteiger partial charge in [-0.05, 0) is 0 Å². The van der Waals surface area contributed by atoms with Gasteiger partial charge >= 0.3 is 0 Å². The van der Waals surface area contributed by atoms with E-state index in [-0.39, 0.29) is 18.1 Å². The third-order valence-electron chi connectivity index (χ3n) is 1.42. The topological polar surface area (TPSA) is 89.3 Å². The first-order chi connectivity index (χ1) is 6.45. The van der Waals surface area contributed by atoms with Crippen molar-refractivity contribution in [1.29, 1.82) is 0 Å². The molecule has 0 atom stereocenters. The van der Waals surface area contributed by atoms with E-state index in [1.165, 1.54) is 0 Å². The van der Waals surface area contributed by atoms with Crippen molar-refractivity contribution >= 4 is 15.7 Å². The first kappa shape index (κ1) is 13.1. The van der Waals surface area contributed by atoms with Crippen LogP contribution in [0.3, 0.4) is 0 Å². The van der Waals surface area contributed by atoms with Crippen molar-refractivity contribution in [2.45, 2.75) is 6.42 Å². The summed E-state index contributed by atoms with van der Waals surface area (Å²) < 4.78 is 21.4. The molecule has 0 spiro atoms. The summed E-state index contributed by atoms with van der Waals surface area (Å²) in [6.07, 6.45) is 4.55. The predicted octanol–water partition coefficient (Wildman–Crippen LogP) is -0.948. The Bertz CT molecular complexity index is 296. The van der Waals surface area contributed by atoms with Gasteiger partial charge < -0.3 is 11.1 Å². The maximum Gasteiger partial charge on any atom is 0.221 e. The van der Waals surface area contributed by atoms with Crippen molar-refractivity contribution < 1.29 is 13.2 Å². The molecule has 82 valence electrons. The Hall–Kier alpha value is -0.880. The molecule has 0 bridgehead atoms. The van der Waals surface area contributed by atoms with Gasteiger partial charge in [0.1, 0.15) is 9.84 Å². The third kappa shape index (κ3) is 9.21. The monoisotopic (exact) mass is 220 g/mol. The molecule has 0 fully saturated rings. The van der Waals surface area contributed by atoms with Gasteiger partial charge in [-0.3, -0.25) is 4.79 Å². The lowest BCUT2D eigenvalue weighted by molar-refractivity contribution is -0.120.